The van der Waals surface area contributed by atoms with Gasteiger partial charge in [0.15, 0.2) is 0 Å². The number of carbonyl (C=O) groups excluding carboxylic acids is 2. The molecular formula is C20H30N2O4. The van der Waals surface area contributed by atoms with E-state index in [1.807, 2.05) is 63.1 Å². The second-order valence-electron chi connectivity index (χ2n) is 7.76. The summed E-state index contributed by atoms with van der Waals surface area (Å²) in [6, 6.07) is 9.91. The van der Waals surface area contributed by atoms with Gasteiger partial charge in [0.05, 0.1) is 6.54 Å². The lowest BCUT2D eigenvalue weighted by atomic mass is 10.0. The van der Waals surface area contributed by atoms with Gasteiger partial charge in [0.25, 0.3) is 0 Å². The molecule has 0 saturated carbocycles. The minimum atomic E-state index is -0.479. The molecule has 0 atom stereocenters. The Hall–Kier alpha value is -2.08. The molecule has 1 saturated heterocycles. The van der Waals surface area contributed by atoms with Crippen molar-refractivity contribution in [2.24, 2.45) is 0 Å². The van der Waals surface area contributed by atoms with Crippen LogP contribution >= 0.6 is 0 Å². The van der Waals surface area contributed by atoms with Gasteiger partial charge >= 0.3 is 12.1 Å². The summed E-state index contributed by atoms with van der Waals surface area (Å²) in [5, 5.41) is 0. The van der Waals surface area contributed by atoms with Gasteiger partial charge in [-0.3, -0.25) is 9.69 Å². The van der Waals surface area contributed by atoms with Gasteiger partial charge in [0, 0.05) is 19.1 Å². The van der Waals surface area contributed by atoms with Crippen LogP contribution in [0.25, 0.3) is 0 Å². The molecule has 0 bridgehead atoms. The van der Waals surface area contributed by atoms with Crippen LogP contribution in [0.4, 0.5) is 4.79 Å². The molecule has 1 fully saturated rings. The Kier molecular flexibility index (Phi) is 7.03. The van der Waals surface area contributed by atoms with Crippen molar-refractivity contribution in [1.29, 1.82) is 0 Å². The highest BCUT2D eigenvalue weighted by molar-refractivity contribution is 5.71. The molecule has 6 heteroatoms. The molecule has 26 heavy (non-hydrogen) atoms. The standard InChI is InChI=1S/C20H30N2O4/c1-20(2,3)26-19(24)22-12-10-17(11-13-22)21(4)14-18(23)25-15-16-8-6-5-7-9-16/h5-9,17H,10-15H2,1-4H3. The average Bonchev–Trinajstić information content (AvgIpc) is 2.59. The van der Waals surface area contributed by atoms with Crippen molar-refractivity contribution in [3.63, 3.8) is 0 Å². The largest absolute Gasteiger partial charge is 0.460 e. The molecule has 0 radical (unpaired) electrons. The van der Waals surface area contributed by atoms with E-state index in [-0.39, 0.29) is 24.6 Å². The molecule has 0 N–H and O–H groups in total. The van der Waals surface area contributed by atoms with Gasteiger partial charge in [-0.2, -0.15) is 0 Å². The summed E-state index contributed by atoms with van der Waals surface area (Å²) in [5.74, 6) is -0.231. The topological polar surface area (TPSA) is 59.1 Å². The highest BCUT2D eigenvalue weighted by Gasteiger charge is 2.29. The van der Waals surface area contributed by atoms with E-state index in [2.05, 4.69) is 0 Å². The summed E-state index contributed by atoms with van der Waals surface area (Å²) >= 11 is 0. The number of carbonyl (C=O) groups is 2. The molecule has 144 valence electrons. The van der Waals surface area contributed by atoms with E-state index in [0.29, 0.717) is 19.7 Å². The van der Waals surface area contributed by atoms with E-state index in [1.54, 1.807) is 4.90 Å². The van der Waals surface area contributed by atoms with Crippen LogP contribution in [0.2, 0.25) is 0 Å². The SMILES string of the molecule is CN(CC(=O)OCc1ccccc1)C1CCN(C(=O)OC(C)(C)C)CC1. The van der Waals surface area contributed by atoms with E-state index in [9.17, 15) is 9.59 Å². The first-order valence-corrected chi connectivity index (χ1v) is 9.12. The zero-order valence-electron chi connectivity index (χ0n) is 16.2. The minimum Gasteiger partial charge on any atom is -0.460 e. The number of hydrogen-bond acceptors (Lipinski definition) is 5. The Morgan fingerprint density at radius 1 is 1.15 bits per heavy atom. The quantitative estimate of drug-likeness (QED) is 0.754. The molecule has 1 aromatic carbocycles. The lowest BCUT2D eigenvalue weighted by Gasteiger charge is -2.36. The maximum Gasteiger partial charge on any atom is 0.410 e. The van der Waals surface area contributed by atoms with E-state index in [1.165, 1.54) is 0 Å². The first kappa shape index (κ1) is 20.2. The van der Waals surface area contributed by atoms with Crippen LogP contribution in [0.5, 0.6) is 0 Å². The van der Waals surface area contributed by atoms with Crippen LogP contribution in [-0.4, -0.2) is 60.2 Å². The van der Waals surface area contributed by atoms with Gasteiger partial charge in [-0.05, 0) is 46.2 Å². The first-order valence-electron chi connectivity index (χ1n) is 9.12. The van der Waals surface area contributed by atoms with Crippen molar-refractivity contribution in [3.8, 4) is 0 Å². The number of rotatable bonds is 5. The Labute approximate surface area is 156 Å². The summed E-state index contributed by atoms with van der Waals surface area (Å²) in [7, 11) is 1.93. The van der Waals surface area contributed by atoms with Gasteiger partial charge in [0.2, 0.25) is 0 Å². The molecule has 1 amide bonds. The number of likely N-dealkylation sites (tertiary alicyclic amines) is 1. The van der Waals surface area contributed by atoms with Crippen molar-refractivity contribution in [3.05, 3.63) is 35.9 Å². The molecule has 0 spiro atoms. The maximum absolute atomic E-state index is 12.1. The summed E-state index contributed by atoms with van der Waals surface area (Å²) in [4.78, 5) is 27.9. The number of ether oxygens (including phenoxy) is 2. The molecule has 6 nitrogen and oxygen atoms in total. The Morgan fingerprint density at radius 3 is 2.35 bits per heavy atom. The third-order valence-electron chi connectivity index (χ3n) is 4.36. The van der Waals surface area contributed by atoms with Crippen LogP contribution in [0.15, 0.2) is 30.3 Å². The number of amides is 1. The number of nitrogens with zero attached hydrogens (tertiary/aromatic N) is 2. The number of piperidine rings is 1. The van der Waals surface area contributed by atoms with Crippen LogP contribution in [0.1, 0.15) is 39.2 Å². The van der Waals surface area contributed by atoms with E-state index in [0.717, 1.165) is 18.4 Å². The lowest BCUT2D eigenvalue weighted by Crippen LogP contribution is -2.48. The van der Waals surface area contributed by atoms with E-state index >= 15 is 0 Å². The molecule has 1 aromatic rings. The van der Waals surface area contributed by atoms with Crippen molar-refractivity contribution >= 4 is 12.1 Å². The fourth-order valence-corrected chi connectivity index (χ4v) is 2.93. The molecular weight excluding hydrogens is 332 g/mol. The zero-order valence-corrected chi connectivity index (χ0v) is 16.2. The summed E-state index contributed by atoms with van der Waals surface area (Å²) < 4.78 is 10.7. The predicted molar refractivity (Wildman–Crippen MR) is 99.7 cm³/mol. The van der Waals surface area contributed by atoms with Gasteiger partial charge in [-0.15, -0.1) is 0 Å². The molecule has 0 aromatic heterocycles. The van der Waals surface area contributed by atoms with Gasteiger partial charge in [0.1, 0.15) is 12.2 Å². The first-order chi connectivity index (χ1) is 12.2. The molecule has 1 aliphatic heterocycles. The van der Waals surface area contributed by atoms with Gasteiger partial charge in [-0.25, -0.2) is 4.79 Å². The third-order valence-corrected chi connectivity index (χ3v) is 4.36. The van der Waals surface area contributed by atoms with Crippen LogP contribution in [0.3, 0.4) is 0 Å². The number of hydrogen-bond donors (Lipinski definition) is 0. The Balaban J connectivity index is 1.71. The molecule has 1 heterocycles. The highest BCUT2D eigenvalue weighted by atomic mass is 16.6. The predicted octanol–water partition coefficient (Wildman–Crippen LogP) is 3.06. The fraction of sp³-hybridized carbons (Fsp3) is 0.600. The normalized spacial score (nSPS) is 15.8. The van der Waals surface area contributed by atoms with Crippen molar-refractivity contribution in [2.45, 2.75) is 51.9 Å². The minimum absolute atomic E-state index is 0.231. The van der Waals surface area contributed by atoms with E-state index in [4.69, 9.17) is 9.47 Å². The van der Waals surface area contributed by atoms with Crippen LogP contribution in [-0.2, 0) is 20.9 Å². The Bertz CT molecular complexity index is 590. The maximum atomic E-state index is 12.1. The number of esters is 1. The van der Waals surface area contributed by atoms with Gasteiger partial charge < -0.3 is 14.4 Å². The summed E-state index contributed by atoms with van der Waals surface area (Å²) in [6.45, 7) is 7.44. The van der Waals surface area contributed by atoms with Crippen molar-refractivity contribution < 1.29 is 19.1 Å². The summed E-state index contributed by atoms with van der Waals surface area (Å²) in [5.41, 5.74) is 0.502. The second-order valence-corrected chi connectivity index (χ2v) is 7.76. The smallest absolute Gasteiger partial charge is 0.410 e. The van der Waals surface area contributed by atoms with Gasteiger partial charge in [-0.1, -0.05) is 30.3 Å². The Morgan fingerprint density at radius 2 is 1.77 bits per heavy atom. The third kappa shape index (κ3) is 6.67. The monoisotopic (exact) mass is 362 g/mol. The highest BCUT2D eigenvalue weighted by Crippen LogP contribution is 2.18. The average molecular weight is 362 g/mol. The van der Waals surface area contributed by atoms with Crippen molar-refractivity contribution in [2.75, 3.05) is 26.7 Å². The van der Waals surface area contributed by atoms with Crippen LogP contribution < -0.4 is 0 Å². The number of likely N-dealkylation sites (N-methyl/N-ethyl adjacent to an activating group) is 1. The number of benzene rings is 1. The van der Waals surface area contributed by atoms with Crippen LogP contribution in [0, 0.1) is 0 Å². The fourth-order valence-electron chi connectivity index (χ4n) is 2.93. The lowest BCUT2D eigenvalue weighted by molar-refractivity contribution is -0.146. The summed E-state index contributed by atoms with van der Waals surface area (Å²) in [6.07, 6.45) is 1.38. The molecule has 0 aliphatic carbocycles. The molecule has 0 unspecified atom stereocenters. The zero-order chi connectivity index (χ0) is 19.2. The second kappa shape index (κ2) is 9.03. The molecule has 1 aliphatic rings. The van der Waals surface area contributed by atoms with Crippen molar-refractivity contribution in [1.82, 2.24) is 9.80 Å². The molecule has 2 rings (SSSR count). The van der Waals surface area contributed by atoms with E-state index < -0.39 is 5.60 Å².